The predicted molar refractivity (Wildman–Crippen MR) is 82.0 cm³/mol. The molecule has 1 aromatic rings. The van der Waals surface area contributed by atoms with Crippen molar-refractivity contribution >= 4 is 11.9 Å². The van der Waals surface area contributed by atoms with Gasteiger partial charge in [0.25, 0.3) is 0 Å². The monoisotopic (exact) mass is 340 g/mol. The van der Waals surface area contributed by atoms with Crippen LogP contribution >= 0.6 is 0 Å². The van der Waals surface area contributed by atoms with Gasteiger partial charge in [0.05, 0.1) is 14.2 Å². The Morgan fingerprint density at radius 2 is 1.88 bits per heavy atom. The quantitative estimate of drug-likeness (QED) is 0.291. The molecule has 0 aliphatic rings. The van der Waals surface area contributed by atoms with E-state index < -0.39 is 18.2 Å². The van der Waals surface area contributed by atoms with Gasteiger partial charge in [-0.1, -0.05) is 12.1 Å². The number of hydrogen-bond donors (Lipinski definition) is 0. The SMILES string of the molecule is COC=C(Oc1ccccc1C(=O)OCOC(C)OC)C(=O)OC. The molecule has 0 fully saturated rings. The first-order valence-corrected chi connectivity index (χ1v) is 6.93. The molecule has 8 nitrogen and oxygen atoms in total. The maximum absolute atomic E-state index is 12.1. The van der Waals surface area contributed by atoms with Crippen molar-refractivity contribution in [3.05, 3.63) is 41.9 Å². The zero-order valence-corrected chi connectivity index (χ0v) is 13.9. The molecule has 24 heavy (non-hydrogen) atoms. The molecule has 0 heterocycles. The summed E-state index contributed by atoms with van der Waals surface area (Å²) in [5, 5.41) is 0. The van der Waals surface area contributed by atoms with E-state index in [2.05, 4.69) is 4.74 Å². The van der Waals surface area contributed by atoms with Crippen LogP contribution in [0.4, 0.5) is 0 Å². The largest absolute Gasteiger partial charge is 0.500 e. The Balaban J connectivity index is 2.85. The van der Waals surface area contributed by atoms with Crippen LogP contribution in [0, 0.1) is 0 Å². The minimum Gasteiger partial charge on any atom is -0.500 e. The number of hydrogen-bond acceptors (Lipinski definition) is 8. The summed E-state index contributed by atoms with van der Waals surface area (Å²) in [6.45, 7) is 1.36. The van der Waals surface area contributed by atoms with E-state index in [1.54, 1.807) is 19.1 Å². The molecule has 0 bridgehead atoms. The molecular formula is C16H20O8. The smallest absolute Gasteiger partial charge is 0.377 e. The van der Waals surface area contributed by atoms with Crippen LogP contribution in [0.15, 0.2) is 36.3 Å². The lowest BCUT2D eigenvalue weighted by molar-refractivity contribution is -0.159. The summed E-state index contributed by atoms with van der Waals surface area (Å²) in [6.07, 6.45) is 0.553. The highest BCUT2D eigenvalue weighted by molar-refractivity contribution is 5.93. The van der Waals surface area contributed by atoms with Crippen LogP contribution in [-0.4, -0.2) is 46.4 Å². The molecule has 0 radical (unpaired) electrons. The Labute approximate surface area is 139 Å². The van der Waals surface area contributed by atoms with E-state index in [1.165, 1.54) is 33.5 Å². The number of ether oxygens (including phenoxy) is 6. The molecule has 1 aromatic carbocycles. The van der Waals surface area contributed by atoms with Crippen molar-refractivity contribution in [3.8, 4) is 5.75 Å². The predicted octanol–water partition coefficient (Wildman–Crippen LogP) is 1.85. The van der Waals surface area contributed by atoms with Gasteiger partial charge in [-0.05, 0) is 19.1 Å². The second-order valence-corrected chi connectivity index (χ2v) is 4.33. The minimum absolute atomic E-state index is 0.107. The van der Waals surface area contributed by atoms with Crippen molar-refractivity contribution in [3.63, 3.8) is 0 Å². The van der Waals surface area contributed by atoms with Crippen molar-refractivity contribution in [1.29, 1.82) is 0 Å². The van der Waals surface area contributed by atoms with Crippen molar-refractivity contribution in [2.75, 3.05) is 28.1 Å². The molecule has 132 valence electrons. The number of benzene rings is 1. The molecule has 0 aliphatic carbocycles. The maximum atomic E-state index is 12.1. The molecule has 0 spiro atoms. The Bertz CT molecular complexity index is 581. The van der Waals surface area contributed by atoms with Crippen molar-refractivity contribution in [2.24, 2.45) is 0 Å². The summed E-state index contributed by atoms with van der Waals surface area (Å²) < 4.78 is 29.7. The average Bonchev–Trinajstić information content (AvgIpc) is 2.60. The van der Waals surface area contributed by atoms with E-state index in [4.69, 9.17) is 23.7 Å². The molecule has 1 atom stereocenters. The summed E-state index contributed by atoms with van der Waals surface area (Å²) in [5.41, 5.74) is 0.108. The normalized spacial score (nSPS) is 12.2. The lowest BCUT2D eigenvalue weighted by Gasteiger charge is -2.13. The summed E-state index contributed by atoms with van der Waals surface area (Å²) in [6, 6.07) is 6.25. The van der Waals surface area contributed by atoms with Gasteiger partial charge in [-0.3, -0.25) is 0 Å². The maximum Gasteiger partial charge on any atom is 0.377 e. The first kappa shape index (κ1) is 19.5. The number of methoxy groups -OCH3 is 3. The lowest BCUT2D eigenvalue weighted by atomic mass is 10.2. The number of rotatable bonds is 9. The molecule has 0 aliphatic heterocycles. The third-order valence-corrected chi connectivity index (χ3v) is 2.76. The standard InChI is InChI=1S/C16H20O8/c1-11(20-3)22-10-23-15(17)12-7-5-6-8-13(12)24-14(9-19-2)16(18)21-4/h5-9,11H,10H2,1-4H3. The van der Waals surface area contributed by atoms with E-state index in [-0.39, 0.29) is 23.9 Å². The van der Waals surface area contributed by atoms with Gasteiger partial charge in [0, 0.05) is 7.11 Å². The Hall–Kier alpha value is -2.58. The van der Waals surface area contributed by atoms with E-state index in [0.717, 1.165) is 6.26 Å². The highest BCUT2D eigenvalue weighted by atomic mass is 16.8. The van der Waals surface area contributed by atoms with Gasteiger partial charge in [-0.25, -0.2) is 9.59 Å². The molecule has 0 saturated heterocycles. The topological polar surface area (TPSA) is 89.5 Å². The van der Waals surface area contributed by atoms with Gasteiger partial charge in [0.1, 0.15) is 17.6 Å². The number of carbonyl (C=O) groups excluding carboxylic acids is 2. The molecular weight excluding hydrogens is 320 g/mol. The van der Waals surface area contributed by atoms with Crippen LogP contribution in [0.1, 0.15) is 17.3 Å². The van der Waals surface area contributed by atoms with Crippen molar-refractivity contribution in [2.45, 2.75) is 13.2 Å². The van der Waals surface area contributed by atoms with E-state index in [1.807, 2.05) is 0 Å². The van der Waals surface area contributed by atoms with Crippen LogP contribution in [0.25, 0.3) is 0 Å². The Kier molecular flexibility index (Phi) is 8.31. The fraction of sp³-hybridized carbons (Fsp3) is 0.375. The summed E-state index contributed by atoms with van der Waals surface area (Å²) >= 11 is 0. The molecule has 1 unspecified atom stereocenters. The average molecular weight is 340 g/mol. The fourth-order valence-corrected chi connectivity index (χ4v) is 1.49. The van der Waals surface area contributed by atoms with Crippen LogP contribution in [0.3, 0.4) is 0 Å². The van der Waals surface area contributed by atoms with Crippen LogP contribution in [0.2, 0.25) is 0 Å². The van der Waals surface area contributed by atoms with Gasteiger partial charge in [-0.15, -0.1) is 0 Å². The molecule has 1 rings (SSSR count). The summed E-state index contributed by atoms with van der Waals surface area (Å²) in [4.78, 5) is 23.7. The highest BCUT2D eigenvalue weighted by Gasteiger charge is 2.19. The van der Waals surface area contributed by atoms with Crippen LogP contribution in [-0.2, 0) is 28.5 Å². The van der Waals surface area contributed by atoms with Gasteiger partial charge >= 0.3 is 11.9 Å². The summed E-state index contributed by atoms with van der Waals surface area (Å²) in [5.74, 6) is -1.55. The van der Waals surface area contributed by atoms with E-state index in [9.17, 15) is 9.59 Å². The van der Waals surface area contributed by atoms with Gasteiger partial charge < -0.3 is 28.4 Å². The van der Waals surface area contributed by atoms with Gasteiger partial charge in [-0.2, -0.15) is 0 Å². The third-order valence-electron chi connectivity index (χ3n) is 2.76. The highest BCUT2D eigenvalue weighted by Crippen LogP contribution is 2.22. The first-order valence-electron chi connectivity index (χ1n) is 6.93. The molecule has 0 aromatic heterocycles. The van der Waals surface area contributed by atoms with E-state index >= 15 is 0 Å². The molecule has 0 N–H and O–H groups in total. The second-order valence-electron chi connectivity index (χ2n) is 4.33. The number of para-hydroxylation sites is 1. The summed E-state index contributed by atoms with van der Waals surface area (Å²) in [7, 11) is 4.01. The molecule has 0 saturated carbocycles. The molecule has 0 amide bonds. The molecule has 8 heteroatoms. The lowest BCUT2D eigenvalue weighted by Crippen LogP contribution is -2.17. The second kappa shape index (κ2) is 10.2. The van der Waals surface area contributed by atoms with Gasteiger partial charge in [0.2, 0.25) is 5.76 Å². The third kappa shape index (κ3) is 5.90. The fourth-order valence-electron chi connectivity index (χ4n) is 1.49. The number of carbonyl (C=O) groups is 2. The van der Waals surface area contributed by atoms with Crippen molar-refractivity contribution < 1.29 is 38.0 Å². The zero-order valence-electron chi connectivity index (χ0n) is 13.9. The van der Waals surface area contributed by atoms with Crippen molar-refractivity contribution in [1.82, 2.24) is 0 Å². The van der Waals surface area contributed by atoms with Gasteiger partial charge in [0.15, 0.2) is 13.1 Å². The van der Waals surface area contributed by atoms with Crippen LogP contribution in [0.5, 0.6) is 5.75 Å². The Morgan fingerprint density at radius 3 is 2.50 bits per heavy atom. The minimum atomic E-state index is -0.753. The zero-order chi connectivity index (χ0) is 17.9. The van der Waals surface area contributed by atoms with E-state index in [0.29, 0.717) is 0 Å². The Morgan fingerprint density at radius 1 is 1.17 bits per heavy atom. The number of esters is 2. The first-order chi connectivity index (χ1) is 11.5. The van der Waals surface area contributed by atoms with Crippen LogP contribution < -0.4 is 4.74 Å².